The maximum atomic E-state index is 12.4. The lowest BCUT2D eigenvalue weighted by molar-refractivity contribution is -0.132. The summed E-state index contributed by atoms with van der Waals surface area (Å²) in [6, 6.07) is 11.9. The van der Waals surface area contributed by atoms with Gasteiger partial charge in [-0.1, -0.05) is 30.3 Å². The number of carbonyl (C=O) groups excluding carboxylic acids is 2. The quantitative estimate of drug-likeness (QED) is 0.716. The van der Waals surface area contributed by atoms with Gasteiger partial charge in [0.15, 0.2) is 5.78 Å². The van der Waals surface area contributed by atoms with E-state index >= 15 is 0 Å². The van der Waals surface area contributed by atoms with Gasteiger partial charge in [-0.15, -0.1) is 11.3 Å². The molecule has 0 spiro atoms. The minimum atomic E-state index is 0.0685. The van der Waals surface area contributed by atoms with E-state index in [0.717, 1.165) is 43.5 Å². The van der Waals surface area contributed by atoms with Gasteiger partial charge in [0.1, 0.15) is 0 Å². The molecule has 25 heavy (non-hydrogen) atoms. The SMILES string of the molecule is Cc1ccccc1C(=O)CCC(=O)N1CCC(Cc2cccs2)CC1. The van der Waals surface area contributed by atoms with Crippen LogP contribution in [0.25, 0.3) is 0 Å². The molecular weight excluding hydrogens is 330 g/mol. The van der Waals surface area contributed by atoms with Crippen LogP contribution >= 0.6 is 11.3 Å². The molecule has 4 heteroatoms. The van der Waals surface area contributed by atoms with E-state index in [-0.39, 0.29) is 11.7 Å². The van der Waals surface area contributed by atoms with Gasteiger partial charge in [-0.05, 0) is 49.1 Å². The highest BCUT2D eigenvalue weighted by molar-refractivity contribution is 7.09. The number of amides is 1. The number of carbonyl (C=O) groups is 2. The van der Waals surface area contributed by atoms with Crippen molar-refractivity contribution in [1.82, 2.24) is 4.90 Å². The Morgan fingerprint density at radius 1 is 1.08 bits per heavy atom. The number of nitrogens with zero attached hydrogens (tertiary/aromatic N) is 1. The van der Waals surface area contributed by atoms with Gasteiger partial charge in [-0.2, -0.15) is 0 Å². The van der Waals surface area contributed by atoms with Crippen LogP contribution in [0.15, 0.2) is 41.8 Å². The molecule has 132 valence electrons. The average molecular weight is 356 g/mol. The van der Waals surface area contributed by atoms with Gasteiger partial charge < -0.3 is 4.90 Å². The topological polar surface area (TPSA) is 37.4 Å². The molecule has 1 aliphatic rings. The van der Waals surface area contributed by atoms with Gasteiger partial charge in [-0.25, -0.2) is 0 Å². The number of aryl methyl sites for hydroxylation is 1. The van der Waals surface area contributed by atoms with Crippen molar-refractivity contribution >= 4 is 23.0 Å². The summed E-state index contributed by atoms with van der Waals surface area (Å²) in [5.74, 6) is 0.867. The maximum Gasteiger partial charge on any atom is 0.223 e. The lowest BCUT2D eigenvalue weighted by Crippen LogP contribution is -2.39. The number of likely N-dealkylation sites (tertiary alicyclic amines) is 1. The average Bonchev–Trinajstić information content (AvgIpc) is 3.13. The number of ketones is 1. The molecule has 1 amide bonds. The van der Waals surface area contributed by atoms with E-state index in [1.165, 1.54) is 4.88 Å². The molecule has 0 saturated carbocycles. The Hall–Kier alpha value is -1.94. The van der Waals surface area contributed by atoms with Gasteiger partial charge in [0.25, 0.3) is 0 Å². The van der Waals surface area contributed by atoms with E-state index in [9.17, 15) is 9.59 Å². The maximum absolute atomic E-state index is 12.4. The molecule has 0 unspecified atom stereocenters. The molecule has 0 atom stereocenters. The lowest BCUT2D eigenvalue weighted by Gasteiger charge is -2.32. The summed E-state index contributed by atoms with van der Waals surface area (Å²) >= 11 is 1.82. The van der Waals surface area contributed by atoms with Crippen molar-refractivity contribution in [2.45, 2.75) is 39.0 Å². The van der Waals surface area contributed by atoms with Crippen molar-refractivity contribution < 1.29 is 9.59 Å². The van der Waals surface area contributed by atoms with E-state index in [4.69, 9.17) is 0 Å². The molecule has 3 rings (SSSR count). The predicted octanol–water partition coefficient (Wildman–Crippen LogP) is 4.50. The number of hydrogen-bond acceptors (Lipinski definition) is 3. The van der Waals surface area contributed by atoms with Crippen LogP contribution in [0, 0.1) is 12.8 Å². The molecule has 1 aromatic heterocycles. The molecule has 1 saturated heterocycles. The normalized spacial score (nSPS) is 15.3. The van der Waals surface area contributed by atoms with Gasteiger partial charge in [0.05, 0.1) is 0 Å². The molecule has 2 aromatic rings. The van der Waals surface area contributed by atoms with Crippen LogP contribution in [-0.2, 0) is 11.2 Å². The first kappa shape index (κ1) is 17.9. The fraction of sp³-hybridized carbons (Fsp3) is 0.429. The molecule has 3 nitrogen and oxygen atoms in total. The smallest absolute Gasteiger partial charge is 0.223 e. The number of rotatable bonds is 6. The molecule has 0 bridgehead atoms. The van der Waals surface area contributed by atoms with Gasteiger partial charge in [0.2, 0.25) is 5.91 Å². The van der Waals surface area contributed by atoms with E-state index in [0.29, 0.717) is 18.8 Å². The van der Waals surface area contributed by atoms with E-state index < -0.39 is 0 Å². The second-order valence-electron chi connectivity index (χ2n) is 6.85. The zero-order valence-electron chi connectivity index (χ0n) is 14.7. The Morgan fingerprint density at radius 2 is 1.84 bits per heavy atom. The second-order valence-corrected chi connectivity index (χ2v) is 7.88. The van der Waals surface area contributed by atoms with E-state index in [1.54, 1.807) is 0 Å². The van der Waals surface area contributed by atoms with Crippen LogP contribution in [0.5, 0.6) is 0 Å². The molecule has 2 heterocycles. The third-order valence-corrected chi connectivity index (χ3v) is 5.95. The Bertz CT molecular complexity index is 715. The Kier molecular flexibility index (Phi) is 6.03. The first-order chi connectivity index (χ1) is 12.1. The fourth-order valence-electron chi connectivity index (χ4n) is 3.50. The third-order valence-electron chi connectivity index (χ3n) is 5.05. The Morgan fingerprint density at radius 3 is 2.52 bits per heavy atom. The lowest BCUT2D eigenvalue weighted by atomic mass is 9.92. The summed E-state index contributed by atoms with van der Waals surface area (Å²) in [7, 11) is 0. The van der Waals surface area contributed by atoms with Crippen LogP contribution in [-0.4, -0.2) is 29.7 Å². The minimum absolute atomic E-state index is 0.0685. The van der Waals surface area contributed by atoms with Crippen molar-refractivity contribution in [1.29, 1.82) is 0 Å². The number of thiophene rings is 1. The Balaban J connectivity index is 1.43. The fourth-order valence-corrected chi connectivity index (χ4v) is 4.32. The zero-order chi connectivity index (χ0) is 17.6. The summed E-state index contributed by atoms with van der Waals surface area (Å²) in [4.78, 5) is 28.1. The first-order valence-corrected chi connectivity index (χ1v) is 9.90. The molecule has 0 aliphatic carbocycles. The van der Waals surface area contributed by atoms with Crippen LogP contribution in [0.3, 0.4) is 0 Å². The Labute approximate surface area is 153 Å². The number of piperidine rings is 1. The number of Topliss-reactive ketones (excluding diaryl/α,β-unsaturated/α-hetero) is 1. The highest BCUT2D eigenvalue weighted by Gasteiger charge is 2.23. The van der Waals surface area contributed by atoms with E-state index in [2.05, 4.69) is 17.5 Å². The second kappa shape index (κ2) is 8.43. The largest absolute Gasteiger partial charge is 0.343 e. The van der Waals surface area contributed by atoms with Crippen molar-refractivity contribution in [2.24, 2.45) is 5.92 Å². The molecule has 1 aliphatic heterocycles. The van der Waals surface area contributed by atoms with Gasteiger partial charge >= 0.3 is 0 Å². The monoisotopic (exact) mass is 355 g/mol. The summed E-state index contributed by atoms with van der Waals surface area (Å²) in [5, 5.41) is 2.12. The van der Waals surface area contributed by atoms with Crippen LogP contribution < -0.4 is 0 Å². The summed E-state index contributed by atoms with van der Waals surface area (Å²) in [6.07, 6.45) is 3.89. The number of hydrogen-bond donors (Lipinski definition) is 0. The van der Waals surface area contributed by atoms with Crippen molar-refractivity contribution in [2.75, 3.05) is 13.1 Å². The highest BCUT2D eigenvalue weighted by atomic mass is 32.1. The van der Waals surface area contributed by atoms with E-state index in [1.807, 2.05) is 47.4 Å². The summed E-state index contributed by atoms with van der Waals surface area (Å²) in [5.41, 5.74) is 1.72. The van der Waals surface area contributed by atoms with Crippen molar-refractivity contribution in [3.05, 3.63) is 57.8 Å². The van der Waals surface area contributed by atoms with Gasteiger partial charge in [-0.3, -0.25) is 9.59 Å². The van der Waals surface area contributed by atoms with Gasteiger partial charge in [0, 0.05) is 36.4 Å². The summed E-state index contributed by atoms with van der Waals surface area (Å²) in [6.45, 7) is 3.59. The van der Waals surface area contributed by atoms with Crippen LogP contribution in [0.4, 0.5) is 0 Å². The molecule has 1 fully saturated rings. The van der Waals surface area contributed by atoms with Crippen LogP contribution in [0.2, 0.25) is 0 Å². The minimum Gasteiger partial charge on any atom is -0.343 e. The highest BCUT2D eigenvalue weighted by Crippen LogP contribution is 2.24. The predicted molar refractivity (Wildman–Crippen MR) is 102 cm³/mol. The standard InChI is InChI=1S/C21H25NO2S/c1-16-5-2-3-7-19(16)20(23)8-9-21(24)22-12-10-17(11-13-22)15-18-6-4-14-25-18/h2-7,14,17H,8-13,15H2,1H3. The van der Waals surface area contributed by atoms with Crippen molar-refractivity contribution in [3.8, 4) is 0 Å². The first-order valence-electron chi connectivity index (χ1n) is 9.02. The molecular formula is C21H25NO2S. The number of benzene rings is 1. The van der Waals surface area contributed by atoms with Crippen molar-refractivity contribution in [3.63, 3.8) is 0 Å². The zero-order valence-corrected chi connectivity index (χ0v) is 15.6. The third kappa shape index (κ3) is 4.79. The molecule has 1 aromatic carbocycles. The molecule has 0 N–H and O–H groups in total. The molecule has 0 radical (unpaired) electrons. The van der Waals surface area contributed by atoms with Crippen LogP contribution in [0.1, 0.15) is 46.5 Å². The summed E-state index contributed by atoms with van der Waals surface area (Å²) < 4.78 is 0.